The maximum Gasteiger partial charge on any atom is 0.341 e. The number of Topliss-reactive ketones (excluding diaryl/α,β-unsaturated/α-hetero) is 1. The molecule has 26 heavy (non-hydrogen) atoms. The van der Waals surface area contributed by atoms with Gasteiger partial charge in [-0.1, -0.05) is 29.8 Å². The van der Waals surface area contributed by atoms with Gasteiger partial charge in [-0.25, -0.2) is 4.79 Å². The van der Waals surface area contributed by atoms with Gasteiger partial charge in [0.2, 0.25) is 0 Å². The molecule has 1 N–H and O–H groups in total. The fourth-order valence-electron chi connectivity index (χ4n) is 2.67. The minimum absolute atomic E-state index is 0.213. The molecule has 1 unspecified atom stereocenters. The zero-order chi connectivity index (χ0) is 18.7. The van der Waals surface area contributed by atoms with Crippen LogP contribution in [0.15, 0.2) is 47.6 Å². The highest BCUT2D eigenvalue weighted by Crippen LogP contribution is 2.30. The van der Waals surface area contributed by atoms with E-state index in [1.165, 1.54) is 6.07 Å². The van der Waals surface area contributed by atoms with Crippen molar-refractivity contribution < 1.29 is 19.4 Å². The highest BCUT2D eigenvalue weighted by Gasteiger charge is 2.29. The monoisotopic (exact) mass is 372 g/mol. The molecule has 0 aliphatic carbocycles. The van der Waals surface area contributed by atoms with Crippen molar-refractivity contribution in [1.29, 1.82) is 0 Å². The van der Waals surface area contributed by atoms with Crippen molar-refractivity contribution in [2.24, 2.45) is 11.0 Å². The normalized spacial score (nSPS) is 15.9. The number of halogens is 1. The summed E-state index contributed by atoms with van der Waals surface area (Å²) in [5.41, 5.74) is 1.85. The molecule has 2 aromatic carbocycles. The molecule has 0 aromatic heterocycles. The molecule has 0 bridgehead atoms. The number of carbonyl (C=O) groups excluding carboxylic acids is 1. The molecule has 0 saturated carbocycles. The summed E-state index contributed by atoms with van der Waals surface area (Å²) in [6.45, 7) is 1.63. The Morgan fingerprint density at radius 2 is 2.04 bits per heavy atom. The van der Waals surface area contributed by atoms with E-state index in [9.17, 15) is 9.59 Å². The van der Waals surface area contributed by atoms with Gasteiger partial charge in [-0.3, -0.25) is 9.80 Å². The summed E-state index contributed by atoms with van der Waals surface area (Å²) in [6.07, 6.45) is 1.59. The van der Waals surface area contributed by atoms with Gasteiger partial charge in [0.25, 0.3) is 0 Å². The maximum absolute atomic E-state index is 12.9. The number of aliphatic carboxylic acids is 1. The van der Waals surface area contributed by atoms with E-state index in [2.05, 4.69) is 5.10 Å². The molecular weight excluding hydrogens is 356 g/mol. The number of hydrogen-bond donors (Lipinski definition) is 1. The molecule has 0 spiro atoms. The summed E-state index contributed by atoms with van der Waals surface area (Å²) in [7, 11) is 0. The van der Waals surface area contributed by atoms with Crippen LogP contribution in [0.5, 0.6) is 5.75 Å². The zero-order valence-corrected chi connectivity index (χ0v) is 14.8. The van der Waals surface area contributed by atoms with Crippen molar-refractivity contribution >= 4 is 35.3 Å². The first-order valence-electron chi connectivity index (χ1n) is 8.01. The van der Waals surface area contributed by atoms with Gasteiger partial charge in [0.05, 0.1) is 23.7 Å². The third-order valence-corrected chi connectivity index (χ3v) is 4.43. The summed E-state index contributed by atoms with van der Waals surface area (Å²) in [5.74, 6) is -1.59. The van der Waals surface area contributed by atoms with Crippen LogP contribution in [0.3, 0.4) is 0 Å². The Balaban J connectivity index is 1.82. The molecule has 6 nitrogen and oxygen atoms in total. The van der Waals surface area contributed by atoms with E-state index in [0.29, 0.717) is 17.1 Å². The number of aryl methyl sites for hydroxylation is 1. The van der Waals surface area contributed by atoms with E-state index >= 15 is 0 Å². The van der Waals surface area contributed by atoms with E-state index in [-0.39, 0.29) is 17.1 Å². The summed E-state index contributed by atoms with van der Waals surface area (Å²) in [4.78, 5) is 23.7. The predicted octanol–water partition coefficient (Wildman–Crippen LogP) is 3.42. The first kappa shape index (κ1) is 17.9. The van der Waals surface area contributed by atoms with E-state index in [1.54, 1.807) is 24.2 Å². The second kappa shape index (κ2) is 7.58. The number of carboxylic acids is 1. The highest BCUT2D eigenvalue weighted by molar-refractivity contribution is 6.32. The molecule has 0 radical (unpaired) electrons. The number of carboxylic acid groups (broad SMARTS) is 1. The fraction of sp³-hybridized carbons (Fsp3) is 0.211. The molecule has 1 aliphatic rings. The number of para-hydroxylation sites is 1. The number of anilines is 1. The van der Waals surface area contributed by atoms with Gasteiger partial charge in [0.15, 0.2) is 12.4 Å². The SMILES string of the molecule is Cc1cc(OCC(=O)O)c(C(=O)C2C=NN(c3ccccc3)C2)cc1Cl. The van der Waals surface area contributed by atoms with Crippen molar-refractivity contribution in [3.05, 3.63) is 58.6 Å². The lowest BCUT2D eigenvalue weighted by molar-refractivity contribution is -0.139. The fourth-order valence-corrected chi connectivity index (χ4v) is 2.83. The van der Waals surface area contributed by atoms with Crippen LogP contribution in [0.1, 0.15) is 15.9 Å². The van der Waals surface area contributed by atoms with Crippen molar-refractivity contribution in [3.8, 4) is 5.75 Å². The van der Waals surface area contributed by atoms with E-state index < -0.39 is 18.5 Å². The van der Waals surface area contributed by atoms with Crippen LogP contribution in [-0.4, -0.2) is 36.2 Å². The van der Waals surface area contributed by atoms with E-state index in [1.807, 2.05) is 30.3 Å². The lowest BCUT2D eigenvalue weighted by Gasteiger charge is -2.17. The molecule has 0 saturated heterocycles. The van der Waals surface area contributed by atoms with Crippen molar-refractivity contribution in [1.82, 2.24) is 0 Å². The van der Waals surface area contributed by atoms with E-state index in [4.69, 9.17) is 21.4 Å². The second-order valence-corrected chi connectivity index (χ2v) is 6.34. The number of benzene rings is 2. The molecule has 0 fully saturated rings. The van der Waals surface area contributed by atoms with Gasteiger partial charge in [0, 0.05) is 11.2 Å². The van der Waals surface area contributed by atoms with Gasteiger partial charge in [-0.15, -0.1) is 0 Å². The van der Waals surface area contributed by atoms with Gasteiger partial charge in [-0.2, -0.15) is 5.10 Å². The largest absolute Gasteiger partial charge is 0.481 e. The molecule has 1 heterocycles. The Labute approximate surface area is 155 Å². The lowest BCUT2D eigenvalue weighted by atomic mass is 9.97. The molecular formula is C19H17ClN2O4. The van der Waals surface area contributed by atoms with Crippen LogP contribution in [0.4, 0.5) is 5.69 Å². The van der Waals surface area contributed by atoms with Gasteiger partial charge in [0.1, 0.15) is 5.75 Å². The summed E-state index contributed by atoms with van der Waals surface area (Å²) >= 11 is 6.16. The summed E-state index contributed by atoms with van der Waals surface area (Å²) < 4.78 is 5.29. The molecule has 1 aliphatic heterocycles. The summed E-state index contributed by atoms with van der Waals surface area (Å²) in [6, 6.07) is 12.6. The van der Waals surface area contributed by atoms with Crippen LogP contribution < -0.4 is 9.75 Å². The summed E-state index contributed by atoms with van der Waals surface area (Å²) in [5, 5.41) is 15.3. The molecule has 0 amide bonds. The Hall–Kier alpha value is -2.86. The van der Waals surface area contributed by atoms with Gasteiger partial charge >= 0.3 is 5.97 Å². The number of hydrogen-bond acceptors (Lipinski definition) is 5. The van der Waals surface area contributed by atoms with Crippen LogP contribution in [0.25, 0.3) is 0 Å². The van der Waals surface area contributed by atoms with Crippen LogP contribution >= 0.6 is 11.6 Å². The van der Waals surface area contributed by atoms with Crippen LogP contribution in [0, 0.1) is 12.8 Å². The molecule has 7 heteroatoms. The van der Waals surface area contributed by atoms with Crippen LogP contribution in [0.2, 0.25) is 5.02 Å². The lowest BCUT2D eigenvalue weighted by Crippen LogP contribution is -2.24. The third-order valence-electron chi connectivity index (χ3n) is 4.02. The third kappa shape index (κ3) is 3.86. The van der Waals surface area contributed by atoms with Crippen molar-refractivity contribution in [3.63, 3.8) is 0 Å². The molecule has 1 atom stereocenters. The predicted molar refractivity (Wildman–Crippen MR) is 99.4 cm³/mol. The average molecular weight is 373 g/mol. The molecule has 2 aromatic rings. The van der Waals surface area contributed by atoms with Crippen LogP contribution in [-0.2, 0) is 4.79 Å². The smallest absolute Gasteiger partial charge is 0.341 e. The average Bonchev–Trinajstić information content (AvgIpc) is 3.12. The number of nitrogens with zero attached hydrogens (tertiary/aromatic N) is 2. The minimum atomic E-state index is -1.12. The molecule has 3 rings (SSSR count). The quantitative estimate of drug-likeness (QED) is 0.786. The topological polar surface area (TPSA) is 79.2 Å². The van der Waals surface area contributed by atoms with Crippen molar-refractivity contribution in [2.45, 2.75) is 6.92 Å². The number of hydrazone groups is 1. The number of ketones is 1. The first-order valence-corrected chi connectivity index (χ1v) is 8.39. The zero-order valence-electron chi connectivity index (χ0n) is 14.1. The second-order valence-electron chi connectivity index (χ2n) is 5.93. The Bertz CT molecular complexity index is 867. The number of rotatable bonds is 6. The Morgan fingerprint density at radius 3 is 2.73 bits per heavy atom. The maximum atomic E-state index is 12.9. The van der Waals surface area contributed by atoms with E-state index in [0.717, 1.165) is 5.69 Å². The molecule has 134 valence electrons. The highest BCUT2D eigenvalue weighted by atomic mass is 35.5. The number of ether oxygens (including phenoxy) is 1. The Morgan fingerprint density at radius 1 is 1.31 bits per heavy atom. The van der Waals surface area contributed by atoms with Gasteiger partial charge in [-0.05, 0) is 36.8 Å². The van der Waals surface area contributed by atoms with Gasteiger partial charge < -0.3 is 9.84 Å². The Kier molecular flexibility index (Phi) is 5.23. The standard InChI is InChI=1S/C19H17ClN2O4/c1-12-7-17(26-11-18(23)24)15(8-16(12)20)19(25)13-9-21-22(10-13)14-5-3-2-4-6-14/h2-9,13H,10-11H2,1H3,(H,23,24). The number of carbonyl (C=O) groups is 2. The minimum Gasteiger partial charge on any atom is -0.481 e. The van der Waals surface area contributed by atoms with Crippen molar-refractivity contribution in [2.75, 3.05) is 18.2 Å². The first-order chi connectivity index (χ1) is 12.5.